The van der Waals surface area contributed by atoms with Crippen LogP contribution in [-0.2, 0) is 4.74 Å². The van der Waals surface area contributed by atoms with Gasteiger partial charge in [0.05, 0.1) is 23.7 Å². The number of hydrogen-bond donors (Lipinski definition) is 1. The van der Waals surface area contributed by atoms with Gasteiger partial charge in [-0.3, -0.25) is 9.69 Å². The Balaban J connectivity index is 1.62. The van der Waals surface area contributed by atoms with Gasteiger partial charge >= 0.3 is 6.09 Å². The number of nitrogens with zero attached hydrogens (tertiary/aromatic N) is 1. The van der Waals surface area contributed by atoms with Crippen molar-refractivity contribution in [2.24, 2.45) is 0 Å². The number of hydrogen-bond acceptors (Lipinski definition) is 3. The number of para-hydroxylation sites is 1. The van der Waals surface area contributed by atoms with Gasteiger partial charge in [-0.2, -0.15) is 0 Å². The zero-order valence-electron chi connectivity index (χ0n) is 12.5. The molecule has 1 N–H and O–H groups in total. The molecule has 0 unspecified atom stereocenters. The van der Waals surface area contributed by atoms with Crippen LogP contribution >= 0.6 is 11.6 Å². The third-order valence-electron chi connectivity index (χ3n) is 3.62. The Morgan fingerprint density at radius 2 is 2.00 bits per heavy atom. The summed E-state index contributed by atoms with van der Waals surface area (Å²) >= 11 is 5.85. The fraction of sp³-hybridized carbons (Fsp3) is 0.176. The minimum atomic E-state index is -0.700. The highest BCUT2D eigenvalue weighted by Crippen LogP contribution is 2.21. The summed E-state index contributed by atoms with van der Waals surface area (Å²) in [7, 11) is 0. The molecule has 1 fully saturated rings. The molecule has 0 saturated carbocycles. The second-order valence-corrected chi connectivity index (χ2v) is 5.67. The smallest absolute Gasteiger partial charge is 0.414 e. The molecule has 0 radical (unpaired) electrons. The Hall–Kier alpha value is -2.60. The lowest BCUT2D eigenvalue weighted by molar-refractivity contribution is 0.0912. The number of ether oxygens (including phenoxy) is 1. The molecule has 7 heteroatoms. The summed E-state index contributed by atoms with van der Waals surface area (Å²) in [6.45, 7) is 0.368. The van der Waals surface area contributed by atoms with Crippen LogP contribution in [0.5, 0.6) is 0 Å². The summed E-state index contributed by atoms with van der Waals surface area (Å²) in [5.41, 5.74) is 0.497. The molecule has 2 aromatic rings. The van der Waals surface area contributed by atoms with Crippen LogP contribution in [0.4, 0.5) is 14.9 Å². The van der Waals surface area contributed by atoms with E-state index < -0.39 is 23.9 Å². The summed E-state index contributed by atoms with van der Waals surface area (Å²) in [4.78, 5) is 25.5. The molecule has 124 valence electrons. The maximum Gasteiger partial charge on any atom is 0.414 e. The predicted octanol–water partition coefficient (Wildman–Crippen LogP) is 3.23. The molecule has 2 aromatic carbocycles. The van der Waals surface area contributed by atoms with Crippen molar-refractivity contribution in [2.75, 3.05) is 18.0 Å². The Kier molecular flexibility index (Phi) is 4.66. The van der Waals surface area contributed by atoms with Crippen LogP contribution in [0.15, 0.2) is 48.5 Å². The second-order valence-electron chi connectivity index (χ2n) is 5.26. The SMILES string of the molecule is O=C(NC[C@@H]1CN(c2ccccc2)C(=O)O1)c1c(F)cccc1Cl. The van der Waals surface area contributed by atoms with Gasteiger partial charge in [-0.25, -0.2) is 9.18 Å². The van der Waals surface area contributed by atoms with Crippen molar-refractivity contribution in [3.8, 4) is 0 Å². The molecule has 1 heterocycles. The van der Waals surface area contributed by atoms with E-state index in [1.807, 2.05) is 18.2 Å². The first kappa shape index (κ1) is 16.3. The van der Waals surface area contributed by atoms with Crippen LogP contribution in [0.3, 0.4) is 0 Å². The molecule has 1 saturated heterocycles. The van der Waals surface area contributed by atoms with Gasteiger partial charge in [0.15, 0.2) is 0 Å². The number of cyclic esters (lactones) is 1. The van der Waals surface area contributed by atoms with Crippen LogP contribution in [-0.4, -0.2) is 31.2 Å². The molecule has 0 spiro atoms. The van der Waals surface area contributed by atoms with Crippen molar-refractivity contribution in [1.82, 2.24) is 5.32 Å². The minimum absolute atomic E-state index is 0.0295. The summed E-state index contributed by atoms with van der Waals surface area (Å²) < 4.78 is 18.9. The van der Waals surface area contributed by atoms with Crippen molar-refractivity contribution >= 4 is 29.3 Å². The van der Waals surface area contributed by atoms with Gasteiger partial charge in [0.2, 0.25) is 0 Å². The quantitative estimate of drug-likeness (QED) is 0.922. The molecule has 0 aromatic heterocycles. The molecule has 1 aliphatic rings. The molecule has 0 aliphatic carbocycles. The maximum atomic E-state index is 13.7. The second kappa shape index (κ2) is 6.88. The van der Waals surface area contributed by atoms with E-state index in [0.717, 1.165) is 6.07 Å². The standard InChI is InChI=1S/C17H14ClFN2O3/c18-13-7-4-8-14(19)15(13)16(22)20-9-12-10-21(17(23)24-12)11-5-2-1-3-6-11/h1-8,12H,9-10H2,(H,20,22)/t12-/m1/s1. The van der Waals surface area contributed by atoms with E-state index in [4.69, 9.17) is 16.3 Å². The van der Waals surface area contributed by atoms with Gasteiger partial charge in [-0.1, -0.05) is 35.9 Å². The Morgan fingerprint density at radius 1 is 1.25 bits per heavy atom. The molecule has 2 amide bonds. The summed E-state index contributed by atoms with van der Waals surface area (Å²) in [6.07, 6.45) is -1.00. The third-order valence-corrected chi connectivity index (χ3v) is 3.94. The monoisotopic (exact) mass is 348 g/mol. The largest absolute Gasteiger partial charge is 0.442 e. The average molecular weight is 349 g/mol. The van der Waals surface area contributed by atoms with Gasteiger partial charge in [0.25, 0.3) is 5.91 Å². The van der Waals surface area contributed by atoms with Gasteiger partial charge in [-0.05, 0) is 24.3 Å². The molecule has 1 atom stereocenters. The lowest BCUT2D eigenvalue weighted by atomic mass is 10.2. The topological polar surface area (TPSA) is 58.6 Å². The fourth-order valence-electron chi connectivity index (χ4n) is 2.46. The highest BCUT2D eigenvalue weighted by atomic mass is 35.5. The fourth-order valence-corrected chi connectivity index (χ4v) is 2.71. The highest BCUT2D eigenvalue weighted by molar-refractivity contribution is 6.33. The Labute approximate surface area is 143 Å². The number of nitrogens with one attached hydrogen (secondary N) is 1. The minimum Gasteiger partial charge on any atom is -0.442 e. The van der Waals surface area contributed by atoms with Gasteiger partial charge in [-0.15, -0.1) is 0 Å². The molecule has 24 heavy (non-hydrogen) atoms. The van der Waals surface area contributed by atoms with Crippen LogP contribution < -0.4 is 10.2 Å². The van der Waals surface area contributed by atoms with Crippen LogP contribution in [0.2, 0.25) is 5.02 Å². The van der Waals surface area contributed by atoms with Crippen LogP contribution in [0.25, 0.3) is 0 Å². The molecule has 1 aliphatic heterocycles. The van der Waals surface area contributed by atoms with Gasteiger partial charge in [0, 0.05) is 5.69 Å². The van der Waals surface area contributed by atoms with E-state index in [0.29, 0.717) is 12.2 Å². The highest BCUT2D eigenvalue weighted by Gasteiger charge is 2.32. The Bertz CT molecular complexity index is 749. The normalized spacial score (nSPS) is 16.8. The van der Waals surface area contributed by atoms with Crippen molar-refractivity contribution in [1.29, 1.82) is 0 Å². The first-order chi connectivity index (χ1) is 11.6. The predicted molar refractivity (Wildman–Crippen MR) is 87.8 cm³/mol. The number of benzene rings is 2. The molecule has 5 nitrogen and oxygen atoms in total. The van der Waals surface area contributed by atoms with Crippen molar-refractivity contribution in [3.63, 3.8) is 0 Å². The van der Waals surface area contributed by atoms with Crippen molar-refractivity contribution < 1.29 is 18.7 Å². The maximum absolute atomic E-state index is 13.7. The van der Waals surface area contributed by atoms with E-state index >= 15 is 0 Å². The number of carbonyl (C=O) groups excluding carboxylic acids is 2. The van der Waals surface area contributed by atoms with Crippen LogP contribution in [0, 0.1) is 5.82 Å². The number of halogens is 2. The summed E-state index contributed by atoms with van der Waals surface area (Å²) in [5, 5.41) is 2.58. The number of carbonyl (C=O) groups is 2. The Morgan fingerprint density at radius 3 is 2.71 bits per heavy atom. The molecular formula is C17H14ClFN2O3. The molecule has 3 rings (SSSR count). The average Bonchev–Trinajstić information content (AvgIpc) is 2.94. The summed E-state index contributed by atoms with van der Waals surface area (Å²) in [6, 6.07) is 13.1. The molecule has 0 bridgehead atoms. The zero-order valence-corrected chi connectivity index (χ0v) is 13.3. The van der Waals surface area contributed by atoms with E-state index in [-0.39, 0.29) is 17.1 Å². The lowest BCUT2D eigenvalue weighted by Crippen LogP contribution is -2.35. The zero-order chi connectivity index (χ0) is 17.1. The van der Waals surface area contributed by atoms with Crippen molar-refractivity contribution in [3.05, 3.63) is 64.9 Å². The molecular weight excluding hydrogens is 335 g/mol. The van der Waals surface area contributed by atoms with Gasteiger partial charge in [0.1, 0.15) is 11.9 Å². The van der Waals surface area contributed by atoms with Crippen molar-refractivity contribution in [2.45, 2.75) is 6.10 Å². The first-order valence-corrected chi connectivity index (χ1v) is 7.69. The van der Waals surface area contributed by atoms with E-state index in [9.17, 15) is 14.0 Å². The first-order valence-electron chi connectivity index (χ1n) is 7.31. The number of anilines is 1. The number of amides is 2. The van der Waals surface area contributed by atoms with Crippen LogP contribution in [0.1, 0.15) is 10.4 Å². The van der Waals surface area contributed by atoms with Gasteiger partial charge < -0.3 is 10.1 Å². The summed E-state index contributed by atoms with van der Waals surface area (Å²) in [5.74, 6) is -1.35. The van der Waals surface area contributed by atoms with E-state index in [2.05, 4.69) is 5.32 Å². The van der Waals surface area contributed by atoms with E-state index in [1.54, 1.807) is 12.1 Å². The lowest BCUT2D eigenvalue weighted by Gasteiger charge is -2.13. The third kappa shape index (κ3) is 3.33. The number of rotatable bonds is 4. The van der Waals surface area contributed by atoms with E-state index in [1.165, 1.54) is 17.0 Å².